The summed E-state index contributed by atoms with van der Waals surface area (Å²) >= 11 is 0. The van der Waals surface area contributed by atoms with Gasteiger partial charge in [-0.25, -0.2) is 18.0 Å². The van der Waals surface area contributed by atoms with E-state index < -0.39 is 34.1 Å². The first kappa shape index (κ1) is 21.8. The minimum absolute atomic E-state index is 0.00415. The van der Waals surface area contributed by atoms with Gasteiger partial charge in [-0.1, -0.05) is 18.9 Å². The van der Waals surface area contributed by atoms with E-state index in [0.717, 1.165) is 32.8 Å². The molecule has 2 amide bonds. The van der Waals surface area contributed by atoms with Crippen LogP contribution in [0.1, 0.15) is 43.0 Å². The molecule has 154 valence electrons. The third-order valence-corrected chi connectivity index (χ3v) is 6.23. The zero-order valence-corrected chi connectivity index (χ0v) is 16.7. The van der Waals surface area contributed by atoms with Crippen LogP contribution in [0.4, 0.5) is 4.79 Å². The number of alkyl carbamates (subject to hydrolysis) is 1. The molecule has 10 heteroatoms. The van der Waals surface area contributed by atoms with Gasteiger partial charge in [0.15, 0.2) is 6.10 Å². The van der Waals surface area contributed by atoms with Crippen molar-refractivity contribution < 1.29 is 32.3 Å². The average molecular weight is 412 g/mol. The van der Waals surface area contributed by atoms with Crippen LogP contribution in [0.3, 0.4) is 0 Å². The molecule has 1 saturated heterocycles. The Morgan fingerprint density at radius 2 is 1.75 bits per heavy atom. The molecule has 1 N–H and O–H groups in total. The Bertz CT molecular complexity index is 830. The quantitative estimate of drug-likeness (QED) is 0.731. The Balaban J connectivity index is 2.12. The van der Waals surface area contributed by atoms with Gasteiger partial charge in [0, 0.05) is 13.1 Å². The highest BCUT2D eigenvalue weighted by atomic mass is 32.2. The lowest BCUT2D eigenvalue weighted by atomic mass is 10.2. The second kappa shape index (κ2) is 9.65. The zero-order chi connectivity index (χ0) is 20.7. The number of ether oxygens (including phenoxy) is 2. The van der Waals surface area contributed by atoms with E-state index >= 15 is 0 Å². The van der Waals surface area contributed by atoms with Gasteiger partial charge in [-0.3, -0.25) is 10.1 Å². The van der Waals surface area contributed by atoms with Gasteiger partial charge < -0.3 is 9.47 Å². The van der Waals surface area contributed by atoms with Crippen LogP contribution in [-0.4, -0.2) is 57.0 Å². The molecule has 1 fully saturated rings. The smallest absolute Gasteiger partial charge is 0.413 e. The van der Waals surface area contributed by atoms with Gasteiger partial charge >= 0.3 is 12.1 Å². The Hall–Kier alpha value is -2.46. The molecule has 1 heterocycles. The molecule has 1 aliphatic rings. The van der Waals surface area contributed by atoms with E-state index in [-0.39, 0.29) is 10.5 Å². The first-order valence-corrected chi connectivity index (χ1v) is 10.4. The Morgan fingerprint density at radius 1 is 1.11 bits per heavy atom. The van der Waals surface area contributed by atoms with Crippen LogP contribution in [0, 0.1) is 0 Å². The second-order valence-electron chi connectivity index (χ2n) is 6.37. The fourth-order valence-electron chi connectivity index (χ4n) is 2.75. The molecule has 0 bridgehead atoms. The number of carbonyl (C=O) groups is 3. The van der Waals surface area contributed by atoms with Crippen LogP contribution >= 0.6 is 0 Å². The van der Waals surface area contributed by atoms with E-state index in [4.69, 9.17) is 4.74 Å². The molecule has 0 unspecified atom stereocenters. The summed E-state index contributed by atoms with van der Waals surface area (Å²) in [6.45, 7) is 2.18. The first-order valence-electron chi connectivity index (χ1n) is 8.95. The largest absolute Gasteiger partial charge is 0.453 e. The molecule has 1 aliphatic heterocycles. The summed E-state index contributed by atoms with van der Waals surface area (Å²) in [4.78, 5) is 35.1. The summed E-state index contributed by atoms with van der Waals surface area (Å²) in [6.07, 6.45) is 1.34. The summed E-state index contributed by atoms with van der Waals surface area (Å²) in [6, 6.07) is 5.49. The van der Waals surface area contributed by atoms with Gasteiger partial charge in [0.05, 0.1) is 17.6 Å². The SMILES string of the molecule is COC(=O)NC(=O)[C@H](C)OC(=O)c1cccc(S(=O)(=O)N2CCCCCC2)c1. The van der Waals surface area contributed by atoms with Crippen LogP contribution in [0.25, 0.3) is 0 Å². The van der Waals surface area contributed by atoms with Crippen molar-refractivity contribution in [3.8, 4) is 0 Å². The number of hydrogen-bond donors (Lipinski definition) is 1. The van der Waals surface area contributed by atoms with E-state index in [2.05, 4.69) is 4.74 Å². The van der Waals surface area contributed by atoms with Crippen molar-refractivity contribution in [3.63, 3.8) is 0 Å². The van der Waals surface area contributed by atoms with Gasteiger partial charge in [-0.15, -0.1) is 0 Å². The standard InChI is InChI=1S/C18H24N2O7S/c1-13(16(21)19-18(23)26-2)27-17(22)14-8-7-9-15(12-14)28(24,25)20-10-5-3-4-6-11-20/h7-9,12-13H,3-6,10-11H2,1-2H3,(H,19,21,23)/t13-/m0/s1. The van der Waals surface area contributed by atoms with Crippen molar-refractivity contribution in [2.45, 2.75) is 43.6 Å². The van der Waals surface area contributed by atoms with E-state index in [1.165, 1.54) is 35.5 Å². The molecule has 0 saturated carbocycles. The van der Waals surface area contributed by atoms with E-state index in [0.29, 0.717) is 13.1 Å². The molecule has 1 atom stereocenters. The Labute approximate surface area is 164 Å². The van der Waals surface area contributed by atoms with Crippen molar-refractivity contribution >= 4 is 28.0 Å². The van der Waals surface area contributed by atoms with Gasteiger partial charge in [0.25, 0.3) is 5.91 Å². The maximum absolute atomic E-state index is 12.9. The van der Waals surface area contributed by atoms with Crippen molar-refractivity contribution in [2.24, 2.45) is 0 Å². The maximum atomic E-state index is 12.9. The number of rotatable bonds is 5. The summed E-state index contributed by atoms with van der Waals surface area (Å²) in [7, 11) is -2.63. The van der Waals surface area contributed by atoms with Crippen LogP contribution in [0.15, 0.2) is 29.2 Å². The average Bonchev–Trinajstić information content (AvgIpc) is 2.97. The summed E-state index contributed by atoms with van der Waals surface area (Å²) in [5.74, 6) is -1.73. The predicted octanol–water partition coefficient (Wildman–Crippen LogP) is 1.68. The van der Waals surface area contributed by atoms with E-state index in [1.807, 2.05) is 5.32 Å². The first-order chi connectivity index (χ1) is 13.3. The molecule has 0 radical (unpaired) electrons. The number of nitrogens with one attached hydrogen (secondary N) is 1. The van der Waals surface area contributed by atoms with Crippen LogP contribution < -0.4 is 5.32 Å². The number of amides is 2. The molecule has 0 aromatic heterocycles. The number of carbonyl (C=O) groups excluding carboxylic acids is 3. The molecule has 9 nitrogen and oxygen atoms in total. The zero-order valence-electron chi connectivity index (χ0n) is 15.8. The van der Waals surface area contributed by atoms with E-state index in [1.54, 1.807) is 0 Å². The Kier molecular flexibility index (Phi) is 7.53. The minimum Gasteiger partial charge on any atom is -0.453 e. The molecule has 0 aliphatic carbocycles. The molecule has 0 spiro atoms. The van der Waals surface area contributed by atoms with Crippen LogP contribution in [0.2, 0.25) is 0 Å². The number of benzene rings is 1. The number of methoxy groups -OCH3 is 1. The lowest BCUT2D eigenvalue weighted by molar-refractivity contribution is -0.128. The molecule has 28 heavy (non-hydrogen) atoms. The highest BCUT2D eigenvalue weighted by Crippen LogP contribution is 2.21. The third-order valence-electron chi connectivity index (χ3n) is 4.34. The normalized spacial score (nSPS) is 16.5. The second-order valence-corrected chi connectivity index (χ2v) is 8.31. The van der Waals surface area contributed by atoms with Crippen molar-refractivity contribution in [1.82, 2.24) is 9.62 Å². The van der Waals surface area contributed by atoms with Gasteiger partial charge in [0.2, 0.25) is 10.0 Å². The topological polar surface area (TPSA) is 119 Å². The molecule has 1 aromatic carbocycles. The highest BCUT2D eigenvalue weighted by Gasteiger charge is 2.27. The van der Waals surface area contributed by atoms with Crippen molar-refractivity contribution in [2.75, 3.05) is 20.2 Å². The van der Waals surface area contributed by atoms with Crippen LogP contribution in [-0.2, 0) is 24.3 Å². The third kappa shape index (κ3) is 5.52. The molecular weight excluding hydrogens is 388 g/mol. The lowest BCUT2D eigenvalue weighted by Gasteiger charge is -2.20. The molecule has 2 rings (SSSR count). The fourth-order valence-corrected chi connectivity index (χ4v) is 4.31. The number of hydrogen-bond acceptors (Lipinski definition) is 7. The highest BCUT2D eigenvalue weighted by molar-refractivity contribution is 7.89. The maximum Gasteiger partial charge on any atom is 0.413 e. The minimum atomic E-state index is -3.72. The Morgan fingerprint density at radius 3 is 2.36 bits per heavy atom. The fraction of sp³-hybridized carbons (Fsp3) is 0.500. The van der Waals surface area contributed by atoms with Gasteiger partial charge in [-0.05, 0) is 38.0 Å². The number of esters is 1. The number of sulfonamides is 1. The predicted molar refractivity (Wildman–Crippen MR) is 99.1 cm³/mol. The summed E-state index contributed by atoms with van der Waals surface area (Å²) in [5, 5.41) is 1.89. The van der Waals surface area contributed by atoms with Gasteiger partial charge in [-0.2, -0.15) is 4.31 Å². The summed E-state index contributed by atoms with van der Waals surface area (Å²) < 4.78 is 36.5. The van der Waals surface area contributed by atoms with Gasteiger partial charge in [0.1, 0.15) is 0 Å². The molecular formula is C18H24N2O7S. The number of imide groups is 1. The monoisotopic (exact) mass is 412 g/mol. The van der Waals surface area contributed by atoms with Crippen molar-refractivity contribution in [3.05, 3.63) is 29.8 Å². The molecule has 1 aromatic rings. The van der Waals surface area contributed by atoms with Crippen LogP contribution in [0.5, 0.6) is 0 Å². The summed E-state index contributed by atoms with van der Waals surface area (Å²) in [5.41, 5.74) is -0.00591. The van der Waals surface area contributed by atoms with E-state index in [9.17, 15) is 22.8 Å². The lowest BCUT2D eigenvalue weighted by Crippen LogP contribution is -2.39. The number of nitrogens with zero attached hydrogens (tertiary/aromatic N) is 1. The van der Waals surface area contributed by atoms with Crippen molar-refractivity contribution in [1.29, 1.82) is 0 Å².